The van der Waals surface area contributed by atoms with Gasteiger partial charge in [0.05, 0.1) is 0 Å². The molecular formula is C17H27N3. The summed E-state index contributed by atoms with van der Waals surface area (Å²) in [6.07, 6.45) is 2.39. The van der Waals surface area contributed by atoms with Crippen LogP contribution >= 0.6 is 0 Å². The number of nitrogens with zero attached hydrogens (tertiary/aromatic N) is 2. The second kappa shape index (κ2) is 5.84. The van der Waals surface area contributed by atoms with Gasteiger partial charge in [0.1, 0.15) is 0 Å². The fraction of sp³-hybridized carbons (Fsp3) is 0.647. The molecule has 2 unspecified atom stereocenters. The maximum atomic E-state index is 6.56. The molecule has 0 amide bonds. The van der Waals surface area contributed by atoms with Crippen LogP contribution in [0.5, 0.6) is 0 Å². The van der Waals surface area contributed by atoms with Gasteiger partial charge in [-0.25, -0.2) is 0 Å². The molecule has 1 saturated heterocycles. The normalized spacial score (nSPS) is 28.6. The molecule has 3 rings (SSSR count). The lowest BCUT2D eigenvalue weighted by molar-refractivity contribution is 0.0629. The first-order valence-corrected chi connectivity index (χ1v) is 7.98. The summed E-state index contributed by atoms with van der Waals surface area (Å²) in [4.78, 5) is 5.19. The summed E-state index contributed by atoms with van der Waals surface area (Å²) in [5, 5.41) is 0. The largest absolute Gasteiger partial charge is 0.323 e. The highest BCUT2D eigenvalue weighted by atomic mass is 15.3. The number of piperazine rings is 1. The van der Waals surface area contributed by atoms with Gasteiger partial charge in [0, 0.05) is 44.3 Å². The highest BCUT2D eigenvalue weighted by Gasteiger charge is 2.32. The lowest BCUT2D eigenvalue weighted by atomic mass is 9.83. The maximum Gasteiger partial charge on any atom is 0.0455 e. The smallest absolute Gasteiger partial charge is 0.0455 e. The van der Waals surface area contributed by atoms with Crippen molar-refractivity contribution in [2.75, 3.05) is 26.2 Å². The molecule has 3 nitrogen and oxygen atoms in total. The van der Waals surface area contributed by atoms with E-state index < -0.39 is 0 Å². The minimum atomic E-state index is 0.186. The molecule has 1 aromatic rings. The molecule has 20 heavy (non-hydrogen) atoms. The minimum absolute atomic E-state index is 0.186. The molecule has 3 heteroatoms. The van der Waals surface area contributed by atoms with E-state index in [9.17, 15) is 0 Å². The molecule has 0 spiro atoms. The first-order valence-electron chi connectivity index (χ1n) is 7.98. The second-order valence-electron chi connectivity index (χ2n) is 6.50. The zero-order chi connectivity index (χ0) is 14.1. The zero-order valence-corrected chi connectivity index (χ0v) is 12.8. The fourth-order valence-electron chi connectivity index (χ4n) is 3.77. The Morgan fingerprint density at radius 2 is 1.80 bits per heavy atom. The quantitative estimate of drug-likeness (QED) is 0.895. The van der Waals surface area contributed by atoms with Crippen LogP contribution in [-0.4, -0.2) is 48.1 Å². The molecule has 0 radical (unpaired) electrons. The summed E-state index contributed by atoms with van der Waals surface area (Å²) in [6, 6.07) is 10.1. The number of benzene rings is 1. The molecule has 1 aliphatic heterocycles. The average Bonchev–Trinajstić information content (AvgIpc) is 2.48. The molecule has 1 aromatic carbocycles. The van der Waals surface area contributed by atoms with Crippen molar-refractivity contribution in [3.05, 3.63) is 35.4 Å². The predicted octanol–water partition coefficient (Wildman–Crippen LogP) is 2.03. The van der Waals surface area contributed by atoms with Gasteiger partial charge >= 0.3 is 0 Å². The molecular weight excluding hydrogens is 246 g/mol. The fourth-order valence-corrected chi connectivity index (χ4v) is 3.77. The molecule has 110 valence electrons. The van der Waals surface area contributed by atoms with Crippen LogP contribution in [-0.2, 0) is 6.42 Å². The summed E-state index contributed by atoms with van der Waals surface area (Å²) in [6.45, 7) is 9.28. The molecule has 2 atom stereocenters. The average molecular weight is 273 g/mol. The van der Waals surface area contributed by atoms with Crippen LogP contribution in [0.25, 0.3) is 0 Å². The van der Waals surface area contributed by atoms with Gasteiger partial charge in [0.15, 0.2) is 0 Å². The van der Waals surface area contributed by atoms with Crippen molar-refractivity contribution >= 4 is 0 Å². The third-order valence-corrected chi connectivity index (χ3v) is 5.09. The Balaban J connectivity index is 1.68. The Bertz CT molecular complexity index is 449. The maximum absolute atomic E-state index is 6.56. The van der Waals surface area contributed by atoms with E-state index in [0.29, 0.717) is 12.1 Å². The zero-order valence-electron chi connectivity index (χ0n) is 12.8. The van der Waals surface area contributed by atoms with Crippen molar-refractivity contribution in [1.82, 2.24) is 9.80 Å². The van der Waals surface area contributed by atoms with Gasteiger partial charge in [0.25, 0.3) is 0 Å². The third kappa shape index (κ3) is 2.62. The van der Waals surface area contributed by atoms with Crippen molar-refractivity contribution in [2.45, 2.75) is 44.8 Å². The van der Waals surface area contributed by atoms with Crippen LogP contribution in [0.3, 0.4) is 0 Å². The van der Waals surface area contributed by atoms with E-state index in [1.807, 2.05) is 0 Å². The summed E-state index contributed by atoms with van der Waals surface area (Å²) in [7, 11) is 0. The summed E-state index contributed by atoms with van der Waals surface area (Å²) in [5.74, 6) is 0. The Labute approximate surface area is 122 Å². The van der Waals surface area contributed by atoms with Gasteiger partial charge in [0.2, 0.25) is 0 Å². The summed E-state index contributed by atoms with van der Waals surface area (Å²) < 4.78 is 0. The van der Waals surface area contributed by atoms with Gasteiger partial charge in [-0.15, -0.1) is 0 Å². The van der Waals surface area contributed by atoms with Gasteiger partial charge in [-0.2, -0.15) is 0 Å². The topological polar surface area (TPSA) is 32.5 Å². The standard InChI is InChI=1S/C17H27N3/c1-13(2)19-9-11-20(12-10-19)16-8-7-14-5-3-4-6-15(14)17(16)18/h3-6,13,16-17H,7-12,18H2,1-2H3. The third-order valence-electron chi connectivity index (χ3n) is 5.09. The number of nitrogens with two attached hydrogens (primary N) is 1. The highest BCUT2D eigenvalue weighted by molar-refractivity contribution is 5.33. The first-order chi connectivity index (χ1) is 9.66. The van der Waals surface area contributed by atoms with Crippen molar-refractivity contribution in [1.29, 1.82) is 0 Å². The van der Waals surface area contributed by atoms with Gasteiger partial charge in [-0.3, -0.25) is 9.80 Å². The minimum Gasteiger partial charge on any atom is -0.323 e. The van der Waals surface area contributed by atoms with E-state index >= 15 is 0 Å². The van der Waals surface area contributed by atoms with E-state index in [1.54, 1.807) is 0 Å². The number of rotatable bonds is 2. The van der Waals surface area contributed by atoms with E-state index in [4.69, 9.17) is 5.73 Å². The van der Waals surface area contributed by atoms with E-state index in [1.165, 1.54) is 50.1 Å². The van der Waals surface area contributed by atoms with Gasteiger partial charge in [-0.1, -0.05) is 24.3 Å². The Morgan fingerprint density at radius 3 is 2.50 bits per heavy atom. The molecule has 1 fully saturated rings. The van der Waals surface area contributed by atoms with E-state index in [2.05, 4.69) is 47.9 Å². The molecule has 2 aliphatic rings. The number of fused-ring (bicyclic) bond motifs is 1. The van der Waals surface area contributed by atoms with Crippen LogP contribution in [0.1, 0.15) is 37.4 Å². The predicted molar refractivity (Wildman–Crippen MR) is 83.8 cm³/mol. The lowest BCUT2D eigenvalue weighted by Crippen LogP contribution is -2.55. The van der Waals surface area contributed by atoms with Crippen LogP contribution < -0.4 is 5.73 Å². The summed E-state index contributed by atoms with van der Waals surface area (Å²) in [5.41, 5.74) is 9.39. The Hall–Kier alpha value is -0.900. The van der Waals surface area contributed by atoms with Crippen LogP contribution in [0.2, 0.25) is 0 Å². The van der Waals surface area contributed by atoms with Crippen molar-refractivity contribution in [2.24, 2.45) is 5.73 Å². The molecule has 0 bridgehead atoms. The van der Waals surface area contributed by atoms with Gasteiger partial charge < -0.3 is 5.73 Å². The Morgan fingerprint density at radius 1 is 1.10 bits per heavy atom. The van der Waals surface area contributed by atoms with Crippen molar-refractivity contribution in [3.8, 4) is 0 Å². The number of hydrogen-bond acceptors (Lipinski definition) is 3. The number of aryl methyl sites for hydroxylation is 1. The van der Waals surface area contributed by atoms with Gasteiger partial charge in [-0.05, 0) is 37.8 Å². The first kappa shape index (κ1) is 14.1. The summed E-state index contributed by atoms with van der Waals surface area (Å²) >= 11 is 0. The molecule has 1 heterocycles. The van der Waals surface area contributed by atoms with E-state index in [0.717, 1.165) is 0 Å². The molecule has 0 aromatic heterocycles. The number of hydrogen-bond donors (Lipinski definition) is 1. The monoisotopic (exact) mass is 273 g/mol. The van der Waals surface area contributed by atoms with Crippen LogP contribution in [0, 0.1) is 0 Å². The van der Waals surface area contributed by atoms with Crippen molar-refractivity contribution < 1.29 is 0 Å². The Kier molecular flexibility index (Phi) is 4.11. The highest BCUT2D eigenvalue weighted by Crippen LogP contribution is 2.31. The molecule has 0 saturated carbocycles. The van der Waals surface area contributed by atoms with Crippen LogP contribution in [0.4, 0.5) is 0 Å². The molecule has 1 aliphatic carbocycles. The van der Waals surface area contributed by atoms with E-state index in [-0.39, 0.29) is 6.04 Å². The lowest BCUT2D eigenvalue weighted by Gasteiger charge is -2.44. The van der Waals surface area contributed by atoms with Crippen molar-refractivity contribution in [3.63, 3.8) is 0 Å². The van der Waals surface area contributed by atoms with Crippen LogP contribution in [0.15, 0.2) is 24.3 Å². The second-order valence-corrected chi connectivity index (χ2v) is 6.50. The SMILES string of the molecule is CC(C)N1CCN(C2CCc3ccccc3C2N)CC1. The molecule has 2 N–H and O–H groups in total.